The van der Waals surface area contributed by atoms with E-state index in [0.29, 0.717) is 16.6 Å². The van der Waals surface area contributed by atoms with Crippen LogP contribution in [-0.4, -0.2) is 60.3 Å². The molecular weight excluding hydrogens is 218 g/mol. The highest BCUT2D eigenvalue weighted by atomic mass is 16.4. The molecule has 0 bridgehead atoms. The molecule has 0 heterocycles. The van der Waals surface area contributed by atoms with Crippen molar-refractivity contribution in [2.24, 2.45) is 0 Å². The number of carboxylic acids is 3. The van der Waals surface area contributed by atoms with Crippen molar-refractivity contribution >= 4 is 17.9 Å². The van der Waals surface area contributed by atoms with Gasteiger partial charge in [0.1, 0.15) is 6.54 Å². The lowest BCUT2D eigenvalue weighted by molar-refractivity contribution is -0.864. The Morgan fingerprint density at radius 3 is 1.44 bits per heavy atom. The van der Waals surface area contributed by atoms with E-state index in [-0.39, 0.29) is 6.54 Å². The molecule has 0 saturated carbocycles. The zero-order valence-electron chi connectivity index (χ0n) is 9.34. The van der Waals surface area contributed by atoms with Crippen molar-refractivity contribution in [2.45, 2.75) is 0 Å². The van der Waals surface area contributed by atoms with Gasteiger partial charge in [-0.25, -0.2) is 9.59 Å². The number of aliphatic carboxylic acids is 3. The molecule has 7 nitrogen and oxygen atoms in total. The lowest BCUT2D eigenvalue weighted by Gasteiger charge is -2.23. The minimum absolute atomic E-state index is 0.0694. The van der Waals surface area contributed by atoms with Crippen LogP contribution in [0.25, 0.3) is 0 Å². The summed E-state index contributed by atoms with van der Waals surface area (Å²) in [4.78, 5) is 29.0. The Hall–Kier alpha value is -1.89. The minimum Gasteiger partial charge on any atom is -0.544 e. The van der Waals surface area contributed by atoms with Crippen LogP contribution in [0.4, 0.5) is 0 Å². The van der Waals surface area contributed by atoms with E-state index in [1.807, 2.05) is 0 Å². The number of nitrogens with zero attached hydrogens (tertiary/aromatic N) is 1. The lowest BCUT2D eigenvalue weighted by Crippen LogP contribution is -2.45. The van der Waals surface area contributed by atoms with Gasteiger partial charge in [-0.15, -0.1) is 0 Å². The first-order valence-corrected chi connectivity index (χ1v) is 4.19. The molecule has 92 valence electrons. The van der Waals surface area contributed by atoms with Gasteiger partial charge in [0.05, 0.1) is 27.1 Å². The molecule has 0 rings (SSSR count). The summed E-state index contributed by atoms with van der Waals surface area (Å²) in [5.41, 5.74) is 0. The van der Waals surface area contributed by atoms with Gasteiger partial charge >= 0.3 is 11.9 Å². The largest absolute Gasteiger partial charge is 0.544 e. The van der Waals surface area contributed by atoms with E-state index in [0.717, 1.165) is 0 Å². The predicted octanol–water partition coefficient (Wildman–Crippen LogP) is -1.85. The standard InChI is InChI=1S/C5H11NO2.C4H4O4/c1-6(2,3)4-5(7)8;5-3(6)1-2-4(7)8/h4H2,1-3H3;1-2H,(H,5,6)(H,7,8)/b;2-1+. The summed E-state index contributed by atoms with van der Waals surface area (Å²) in [5.74, 6) is -3.52. The monoisotopic (exact) mass is 233 g/mol. The van der Waals surface area contributed by atoms with Crippen molar-refractivity contribution < 1.29 is 34.2 Å². The fourth-order valence-electron chi connectivity index (χ4n) is 0.530. The summed E-state index contributed by atoms with van der Waals surface area (Å²) < 4.78 is 0.419. The zero-order chi connectivity index (χ0) is 13.4. The molecule has 2 N–H and O–H groups in total. The normalized spacial score (nSPS) is 10.4. The quantitative estimate of drug-likeness (QED) is 0.435. The van der Waals surface area contributed by atoms with Gasteiger partial charge in [0.2, 0.25) is 0 Å². The SMILES string of the molecule is C[N+](C)(C)CC(=O)[O-].O=C(O)/C=C/C(=O)O. The van der Waals surface area contributed by atoms with E-state index < -0.39 is 17.9 Å². The van der Waals surface area contributed by atoms with Crippen LogP contribution in [0.3, 0.4) is 0 Å². The van der Waals surface area contributed by atoms with Crippen LogP contribution < -0.4 is 5.11 Å². The molecule has 0 fully saturated rings. The average molecular weight is 233 g/mol. The molecule has 16 heavy (non-hydrogen) atoms. The molecule has 0 spiro atoms. The molecule has 0 amide bonds. The predicted molar refractivity (Wildman–Crippen MR) is 52.3 cm³/mol. The highest BCUT2D eigenvalue weighted by Crippen LogP contribution is 1.84. The lowest BCUT2D eigenvalue weighted by atomic mass is 10.5. The second kappa shape index (κ2) is 7.41. The summed E-state index contributed by atoms with van der Waals surface area (Å²) in [5, 5.41) is 25.5. The highest BCUT2D eigenvalue weighted by molar-refractivity contribution is 5.89. The molecule has 0 aromatic carbocycles. The molecule has 0 aliphatic heterocycles. The Kier molecular flexibility index (Phi) is 7.66. The summed E-state index contributed by atoms with van der Waals surface area (Å²) in [6.45, 7) is 0.0694. The van der Waals surface area contributed by atoms with Gasteiger partial charge in [-0.05, 0) is 0 Å². The van der Waals surface area contributed by atoms with Crippen molar-refractivity contribution in [3.63, 3.8) is 0 Å². The third-order valence-corrected chi connectivity index (χ3v) is 0.972. The fourth-order valence-corrected chi connectivity index (χ4v) is 0.530. The van der Waals surface area contributed by atoms with E-state index in [2.05, 4.69) is 0 Å². The molecule has 7 heteroatoms. The first-order valence-electron chi connectivity index (χ1n) is 4.19. The van der Waals surface area contributed by atoms with Gasteiger partial charge in [-0.1, -0.05) is 0 Å². The molecule has 0 radical (unpaired) electrons. The second-order valence-electron chi connectivity index (χ2n) is 3.83. The molecule has 0 saturated heterocycles. The van der Waals surface area contributed by atoms with Gasteiger partial charge < -0.3 is 24.6 Å². The minimum atomic E-state index is -1.26. The van der Waals surface area contributed by atoms with Gasteiger partial charge in [0.25, 0.3) is 0 Å². The van der Waals surface area contributed by atoms with Gasteiger partial charge in [-0.3, -0.25) is 0 Å². The molecule has 0 aromatic heterocycles. The van der Waals surface area contributed by atoms with Crippen LogP contribution in [0.2, 0.25) is 0 Å². The summed E-state index contributed by atoms with van der Waals surface area (Å²) in [6, 6.07) is 0. The Morgan fingerprint density at radius 2 is 1.38 bits per heavy atom. The van der Waals surface area contributed by atoms with E-state index in [1.54, 1.807) is 21.1 Å². The first-order chi connectivity index (χ1) is 7.04. The number of hydrogen-bond acceptors (Lipinski definition) is 4. The molecule has 0 aromatic rings. The van der Waals surface area contributed by atoms with Crippen molar-refractivity contribution in [1.29, 1.82) is 0 Å². The van der Waals surface area contributed by atoms with Gasteiger partial charge in [-0.2, -0.15) is 0 Å². The summed E-state index contributed by atoms with van der Waals surface area (Å²) >= 11 is 0. The summed E-state index contributed by atoms with van der Waals surface area (Å²) in [6.07, 6.45) is 1.12. The maximum atomic E-state index is 9.89. The van der Waals surface area contributed by atoms with Crippen molar-refractivity contribution in [1.82, 2.24) is 0 Å². The molecular formula is C9H15NO6. The van der Waals surface area contributed by atoms with Crippen molar-refractivity contribution in [2.75, 3.05) is 27.7 Å². The van der Waals surface area contributed by atoms with Crippen LogP contribution in [0.15, 0.2) is 12.2 Å². The number of carbonyl (C=O) groups is 3. The van der Waals surface area contributed by atoms with Crippen LogP contribution in [0.5, 0.6) is 0 Å². The Bertz CT molecular complexity index is 273. The number of quaternary nitrogens is 1. The number of rotatable bonds is 4. The maximum Gasteiger partial charge on any atom is 0.328 e. The van der Waals surface area contributed by atoms with E-state index in [9.17, 15) is 19.5 Å². The second-order valence-corrected chi connectivity index (χ2v) is 3.83. The molecule has 0 atom stereocenters. The Labute approximate surface area is 92.8 Å². The topological polar surface area (TPSA) is 115 Å². The van der Waals surface area contributed by atoms with Crippen LogP contribution in [0, 0.1) is 0 Å². The van der Waals surface area contributed by atoms with E-state index >= 15 is 0 Å². The smallest absolute Gasteiger partial charge is 0.328 e. The van der Waals surface area contributed by atoms with E-state index in [1.165, 1.54) is 0 Å². The third-order valence-electron chi connectivity index (χ3n) is 0.972. The number of likely N-dealkylation sites (N-methyl/N-ethyl adjacent to an activating group) is 1. The summed E-state index contributed by atoms with van der Waals surface area (Å²) in [7, 11) is 5.40. The fraction of sp³-hybridized carbons (Fsp3) is 0.444. The van der Waals surface area contributed by atoms with Gasteiger partial charge in [0.15, 0.2) is 0 Å². The van der Waals surface area contributed by atoms with Crippen molar-refractivity contribution in [3.05, 3.63) is 12.2 Å². The number of carbonyl (C=O) groups excluding carboxylic acids is 1. The number of carboxylic acid groups (broad SMARTS) is 3. The average Bonchev–Trinajstić information content (AvgIpc) is 1.96. The van der Waals surface area contributed by atoms with Crippen LogP contribution in [-0.2, 0) is 14.4 Å². The van der Waals surface area contributed by atoms with Gasteiger partial charge in [0, 0.05) is 12.2 Å². The zero-order valence-corrected chi connectivity index (χ0v) is 9.34. The molecule has 0 aliphatic carbocycles. The third kappa shape index (κ3) is 22.7. The van der Waals surface area contributed by atoms with Crippen molar-refractivity contribution in [3.8, 4) is 0 Å². The molecule has 0 aliphatic rings. The highest BCUT2D eigenvalue weighted by Gasteiger charge is 2.04. The maximum absolute atomic E-state index is 9.89. The van der Waals surface area contributed by atoms with E-state index in [4.69, 9.17) is 10.2 Å². The Morgan fingerprint density at radius 1 is 1.06 bits per heavy atom. The Balaban J connectivity index is 0. The van der Waals surface area contributed by atoms with Crippen LogP contribution in [0.1, 0.15) is 0 Å². The molecule has 0 unspecified atom stereocenters. The number of hydrogen-bond donors (Lipinski definition) is 2. The first kappa shape index (κ1) is 16.5. The van der Waals surface area contributed by atoms with Crippen LogP contribution >= 0.6 is 0 Å².